The SMILES string of the molecule is N#Cc1ccc(Oc2ccc(N)cc2)cc1C#N.N#Cc1ccc(Oc2cccc(N)c2)cc1C#N.N#Cc1ccc(Oc2cccc(O)c2)cc1C#N.N#Cc1ccc(Oc2ccccc2N)cc1C#N.N#Cc1ccc(Sc2ccc(O)cc2)cc1C#N.N#Cc1ccc(Sc2nnc(N)s2)cc1C#N.N#Cc1cccc(Oc2ccccc2N)c1C#N. The van der Waals surface area contributed by atoms with Gasteiger partial charge in [-0.3, -0.25) is 0 Å². The molecule has 12 N–H and O–H groups in total. The lowest BCUT2D eigenvalue weighted by Gasteiger charge is -2.09. The lowest BCUT2D eigenvalue weighted by atomic mass is 10.1. The molecule has 0 fully saturated rings. The second kappa shape index (κ2) is 47.0. The summed E-state index contributed by atoms with van der Waals surface area (Å²) in [5.41, 5.74) is 34.8. The molecule has 0 aliphatic rings. The van der Waals surface area contributed by atoms with Crippen LogP contribution in [0, 0.1) is 159 Å². The lowest BCUT2D eigenvalue weighted by Crippen LogP contribution is -1.94. The van der Waals surface area contributed by atoms with Gasteiger partial charge in [0.1, 0.15) is 160 Å². The molecule has 0 aliphatic carbocycles. The molecule has 13 aromatic carbocycles. The van der Waals surface area contributed by atoms with Crippen molar-refractivity contribution in [3.8, 4) is 154 Å². The molecule has 0 saturated carbocycles. The van der Waals surface area contributed by atoms with Crippen molar-refractivity contribution in [2.24, 2.45) is 0 Å². The molecule has 0 bridgehead atoms. The number of hydrogen-bond acceptors (Lipinski definition) is 31. The van der Waals surface area contributed by atoms with E-state index in [9.17, 15) is 10.2 Å². The highest BCUT2D eigenvalue weighted by atomic mass is 32.2. The fourth-order valence-electron chi connectivity index (χ4n) is 9.96. The summed E-state index contributed by atoms with van der Waals surface area (Å²) in [6.07, 6.45) is 0. The molecule has 0 unspecified atom stereocenters. The third-order valence-corrected chi connectivity index (χ3v) is 18.7. The number of nitrogens with zero attached hydrogens (tertiary/aromatic N) is 16. The number of phenolic OH excluding ortho intramolecular Hbond substituents is 2. The first-order valence-corrected chi connectivity index (χ1v) is 38.0. The molecule has 0 spiro atoms. The van der Waals surface area contributed by atoms with E-state index in [2.05, 4.69) is 10.2 Å². The number of benzene rings is 13. The Morgan fingerprint density at radius 3 is 1.01 bits per heavy atom. The first-order chi connectivity index (χ1) is 60.6. The van der Waals surface area contributed by atoms with Crippen LogP contribution in [0.5, 0.6) is 69.0 Å². The summed E-state index contributed by atoms with van der Waals surface area (Å²) < 4.78 is 28.4. The van der Waals surface area contributed by atoms with Crippen LogP contribution in [-0.2, 0) is 0 Å². The maximum atomic E-state index is 9.30. The van der Waals surface area contributed by atoms with Gasteiger partial charge in [-0.15, -0.1) is 10.2 Å². The molecule has 598 valence electrons. The van der Waals surface area contributed by atoms with E-state index in [0.29, 0.717) is 145 Å². The molecular weight excluding hydrogens is 1630 g/mol. The number of para-hydroxylation sites is 4. The van der Waals surface area contributed by atoms with Gasteiger partial charge in [0.25, 0.3) is 0 Å². The van der Waals surface area contributed by atoms with Crippen LogP contribution in [0.25, 0.3) is 0 Å². The van der Waals surface area contributed by atoms with Crippen molar-refractivity contribution in [2.75, 3.05) is 28.7 Å². The number of aromatic hydroxyl groups is 2. The maximum Gasteiger partial charge on any atom is 0.203 e. The van der Waals surface area contributed by atoms with Gasteiger partial charge in [-0.1, -0.05) is 77.3 Å². The predicted octanol–water partition coefficient (Wildman–Crippen LogP) is 19.4. The molecule has 125 heavy (non-hydrogen) atoms. The third-order valence-electron chi connectivity index (χ3n) is 15.9. The molecule has 0 aliphatic heterocycles. The van der Waals surface area contributed by atoms with E-state index < -0.39 is 0 Å². The van der Waals surface area contributed by atoms with Crippen LogP contribution in [0.3, 0.4) is 0 Å². The van der Waals surface area contributed by atoms with Crippen molar-refractivity contribution < 1.29 is 33.9 Å². The van der Waals surface area contributed by atoms with E-state index in [1.165, 1.54) is 77.3 Å². The third kappa shape index (κ3) is 27.6. The number of phenols is 2. The average molecular weight is 1690 g/mol. The number of aromatic nitrogens is 2. The molecule has 28 nitrogen and oxygen atoms in total. The van der Waals surface area contributed by atoms with E-state index in [0.717, 1.165) is 14.7 Å². The average Bonchev–Trinajstić information content (AvgIpc) is 1.81. The highest BCUT2D eigenvalue weighted by Gasteiger charge is 2.15. The summed E-state index contributed by atoms with van der Waals surface area (Å²) >= 11 is 4.11. The Kier molecular flexibility index (Phi) is 34.2. The van der Waals surface area contributed by atoms with Crippen LogP contribution in [0.2, 0.25) is 0 Å². The minimum atomic E-state index is 0.0988. The lowest BCUT2D eigenvalue weighted by molar-refractivity contribution is 0.455. The van der Waals surface area contributed by atoms with Crippen molar-refractivity contribution in [1.29, 1.82) is 73.7 Å². The van der Waals surface area contributed by atoms with Crippen molar-refractivity contribution in [2.45, 2.75) is 19.0 Å². The minimum absolute atomic E-state index is 0.0988. The molecule has 1 aromatic heterocycles. The van der Waals surface area contributed by atoms with Crippen LogP contribution >= 0.6 is 34.9 Å². The highest BCUT2D eigenvalue weighted by molar-refractivity contribution is 8.01. The Morgan fingerprint density at radius 1 is 0.248 bits per heavy atom. The second-order valence-corrected chi connectivity index (χ2v) is 27.8. The van der Waals surface area contributed by atoms with Crippen molar-refractivity contribution in [1.82, 2.24) is 10.2 Å². The zero-order valence-electron chi connectivity index (χ0n) is 64.7. The molecule has 14 rings (SSSR count). The Hall–Kier alpha value is -19.4. The monoisotopic (exact) mass is 1690 g/mol. The molecule has 0 radical (unpaired) electrons. The number of ether oxygens (including phenoxy) is 5. The van der Waals surface area contributed by atoms with Gasteiger partial charge >= 0.3 is 0 Å². The van der Waals surface area contributed by atoms with Gasteiger partial charge in [0.05, 0.1) is 83.7 Å². The smallest absolute Gasteiger partial charge is 0.203 e. The molecule has 31 heteroatoms. The maximum absolute atomic E-state index is 9.30. The summed E-state index contributed by atoms with van der Waals surface area (Å²) in [5, 5.41) is 151. The number of hydrogen-bond donors (Lipinski definition) is 7. The minimum Gasteiger partial charge on any atom is -0.508 e. The fraction of sp³-hybridized carbons (Fsp3) is 0. The van der Waals surface area contributed by atoms with Gasteiger partial charge in [-0.05, 0) is 218 Å². The molecule has 0 atom stereocenters. The topological polar surface area (TPSA) is 576 Å². The van der Waals surface area contributed by atoms with Gasteiger partial charge in [-0.25, -0.2) is 0 Å². The summed E-state index contributed by atoms with van der Waals surface area (Å²) in [6.45, 7) is 0. The van der Waals surface area contributed by atoms with E-state index in [1.54, 1.807) is 224 Å². The first kappa shape index (κ1) is 91.1. The number of rotatable bonds is 14. The Labute approximate surface area is 728 Å². The van der Waals surface area contributed by atoms with Crippen molar-refractivity contribution in [3.63, 3.8) is 0 Å². The van der Waals surface area contributed by atoms with Gasteiger partial charge in [-0.2, -0.15) is 73.7 Å². The summed E-state index contributed by atoms with van der Waals surface area (Å²) in [7, 11) is 0. The standard InChI is InChI=1S/4C14H9N3O.C14H8N2O2.C14H8N2OS.C10H5N5S2/c15-8-10-1-4-14(7-11(10)9-16)18-13-5-2-12(17)3-6-13;15-8-10-4-3-7-13(11(10)9-16)18-14-6-2-1-5-12(14)17;15-8-10-4-5-14(6-11(10)9-16)18-13-3-1-2-12(17)7-13;15-8-10-5-6-12(7-11(10)9-16)18-14-4-2-1-3-13(14)17;15-8-10-4-5-14(6-11(10)9-16)18-13-3-1-2-12(17)7-13;15-8-10-1-4-14(7-11(10)9-16)18-13-5-2-12(17)3-6-13;11-4-6-1-2-8(3-7(6)5-12)16-10-15-14-9(13)17-10/h4*1-7H,17H2;2*1-7,17H;1-3H,(H2,13,14). The number of anilines is 5. The Balaban J connectivity index is 0.000000181. The van der Waals surface area contributed by atoms with Crippen LogP contribution in [-0.4, -0.2) is 20.4 Å². The fourth-order valence-corrected chi connectivity index (χ4v) is 12.5. The molecule has 0 amide bonds. The zero-order chi connectivity index (χ0) is 90.0. The quantitative estimate of drug-likeness (QED) is 0.0497. The van der Waals surface area contributed by atoms with Crippen LogP contribution in [0.4, 0.5) is 27.9 Å². The van der Waals surface area contributed by atoms with E-state index in [-0.39, 0.29) is 33.8 Å². The molecular formula is C94H57N21O7S3. The van der Waals surface area contributed by atoms with Gasteiger partial charge in [0.2, 0.25) is 5.13 Å². The molecule has 0 saturated heterocycles. The van der Waals surface area contributed by atoms with Crippen LogP contribution < -0.4 is 52.4 Å². The Bertz CT molecular complexity index is 6680. The second-order valence-electron chi connectivity index (χ2n) is 24.3. The Morgan fingerprint density at radius 2 is 0.600 bits per heavy atom. The predicted molar refractivity (Wildman–Crippen MR) is 464 cm³/mol. The normalized spacial score (nSPS) is 9.30. The van der Waals surface area contributed by atoms with Gasteiger partial charge < -0.3 is 62.6 Å². The van der Waals surface area contributed by atoms with E-state index in [1.807, 2.05) is 91.0 Å². The summed E-state index contributed by atoms with van der Waals surface area (Å²) in [4.78, 5) is 2.68. The zero-order valence-corrected chi connectivity index (χ0v) is 67.1. The number of nitrogen functional groups attached to an aromatic ring is 5. The van der Waals surface area contributed by atoms with Crippen molar-refractivity contribution in [3.05, 3.63) is 351 Å². The number of nitrogens with two attached hydrogens (primary N) is 5. The molecule has 1 heterocycles. The van der Waals surface area contributed by atoms with E-state index in [4.69, 9.17) is 126 Å². The summed E-state index contributed by atoms with van der Waals surface area (Å²) in [5.74, 6) is 5.22. The summed E-state index contributed by atoms with van der Waals surface area (Å²) in [6, 6.07) is 102. The molecule has 14 aromatic rings. The van der Waals surface area contributed by atoms with Crippen LogP contribution in [0.1, 0.15) is 77.9 Å². The van der Waals surface area contributed by atoms with Crippen LogP contribution in [0.15, 0.2) is 292 Å². The van der Waals surface area contributed by atoms with Gasteiger partial charge in [0, 0.05) is 38.2 Å². The highest BCUT2D eigenvalue weighted by Crippen LogP contribution is 2.36. The largest absolute Gasteiger partial charge is 0.508 e. The number of nitriles is 14. The van der Waals surface area contributed by atoms with E-state index >= 15 is 0 Å². The van der Waals surface area contributed by atoms with Gasteiger partial charge in [0.15, 0.2) is 4.34 Å². The first-order valence-electron chi connectivity index (χ1n) is 35.5. The van der Waals surface area contributed by atoms with Crippen molar-refractivity contribution >= 4 is 62.7 Å².